The molecular formula is C5H13NO2. The van der Waals surface area contributed by atoms with Gasteiger partial charge in [0.2, 0.25) is 6.41 Å². The van der Waals surface area contributed by atoms with E-state index in [-0.39, 0.29) is 0 Å². The molecule has 3 nitrogen and oxygen atoms in total. The third kappa shape index (κ3) is 2.96. The Bertz CT molecular complexity index is 56.4. The lowest BCUT2D eigenvalue weighted by Crippen LogP contribution is -2.31. The normalized spacial score (nSPS) is 11.2. The minimum atomic E-state index is -1.30. The Morgan fingerprint density at radius 3 is 2.12 bits per heavy atom. The summed E-state index contributed by atoms with van der Waals surface area (Å²) in [5.74, 6) is 0. The molecule has 0 aromatic rings. The Kier molecular flexibility index (Phi) is 3.77. The van der Waals surface area contributed by atoms with E-state index in [1.165, 1.54) is 4.90 Å². The summed E-state index contributed by atoms with van der Waals surface area (Å²) in [6, 6.07) is 0. The molecule has 0 fully saturated rings. The van der Waals surface area contributed by atoms with Crippen molar-refractivity contribution >= 4 is 0 Å². The van der Waals surface area contributed by atoms with Crippen molar-refractivity contribution in [2.45, 2.75) is 19.8 Å². The number of hydrogen-bond donors (Lipinski definition) is 2. The first kappa shape index (κ1) is 7.88. The highest BCUT2D eigenvalue weighted by molar-refractivity contribution is 4.41. The van der Waals surface area contributed by atoms with Crippen molar-refractivity contribution in [3.8, 4) is 0 Å². The van der Waals surface area contributed by atoms with Crippen molar-refractivity contribution in [1.82, 2.24) is 4.90 Å². The van der Waals surface area contributed by atoms with Gasteiger partial charge in [0.1, 0.15) is 0 Å². The second-order valence-corrected chi connectivity index (χ2v) is 1.83. The molecule has 0 bridgehead atoms. The zero-order valence-corrected chi connectivity index (χ0v) is 5.33. The number of rotatable bonds is 3. The molecule has 0 saturated carbocycles. The molecule has 8 heavy (non-hydrogen) atoms. The van der Waals surface area contributed by atoms with Crippen molar-refractivity contribution in [1.29, 1.82) is 0 Å². The molecule has 0 heterocycles. The van der Waals surface area contributed by atoms with Crippen LogP contribution in [0.15, 0.2) is 0 Å². The smallest absolute Gasteiger partial charge is 0.213 e. The lowest BCUT2D eigenvalue weighted by molar-refractivity contribution is -0.144. The van der Waals surface area contributed by atoms with Gasteiger partial charge in [0.05, 0.1) is 0 Å². The van der Waals surface area contributed by atoms with Crippen LogP contribution in [-0.2, 0) is 0 Å². The van der Waals surface area contributed by atoms with Crippen LogP contribution < -0.4 is 0 Å². The zero-order chi connectivity index (χ0) is 6.57. The third-order valence-corrected chi connectivity index (χ3v) is 0.971. The number of hydrogen-bond acceptors (Lipinski definition) is 3. The predicted molar refractivity (Wildman–Crippen MR) is 31.1 cm³/mol. The maximum absolute atomic E-state index is 8.43. The quantitative estimate of drug-likeness (QED) is 0.497. The van der Waals surface area contributed by atoms with Crippen LogP contribution in [0.1, 0.15) is 13.3 Å². The molecule has 0 unspecified atom stereocenters. The molecule has 0 radical (unpaired) electrons. The van der Waals surface area contributed by atoms with Gasteiger partial charge in [-0.3, -0.25) is 4.90 Å². The summed E-state index contributed by atoms with van der Waals surface area (Å²) in [4.78, 5) is 1.46. The molecule has 2 N–H and O–H groups in total. The van der Waals surface area contributed by atoms with Gasteiger partial charge in [-0.2, -0.15) is 0 Å². The highest BCUT2D eigenvalue weighted by Crippen LogP contribution is 1.87. The average Bonchev–Trinajstić information content (AvgIpc) is 1.67. The second-order valence-electron chi connectivity index (χ2n) is 1.83. The zero-order valence-electron chi connectivity index (χ0n) is 5.33. The first-order chi connectivity index (χ1) is 3.68. The maximum atomic E-state index is 8.43. The molecule has 0 spiro atoms. The van der Waals surface area contributed by atoms with Crippen LogP contribution >= 0.6 is 0 Å². The Balaban J connectivity index is 3.17. The molecule has 0 aliphatic rings. The van der Waals surface area contributed by atoms with Crippen LogP contribution in [0.5, 0.6) is 0 Å². The first-order valence-electron chi connectivity index (χ1n) is 2.75. The molecule has 0 amide bonds. The summed E-state index contributed by atoms with van der Waals surface area (Å²) < 4.78 is 0. The first-order valence-corrected chi connectivity index (χ1v) is 2.75. The number of nitrogens with zero attached hydrogens (tertiary/aromatic N) is 1. The summed E-state index contributed by atoms with van der Waals surface area (Å²) in [6.07, 6.45) is -0.358. The van der Waals surface area contributed by atoms with Gasteiger partial charge in [-0.15, -0.1) is 0 Å². The SMILES string of the molecule is CCCN(C)C(O)O. The van der Waals surface area contributed by atoms with E-state index in [4.69, 9.17) is 10.2 Å². The Labute approximate surface area is 49.5 Å². The Hall–Kier alpha value is -0.120. The van der Waals surface area contributed by atoms with E-state index in [0.29, 0.717) is 0 Å². The lowest BCUT2D eigenvalue weighted by Gasteiger charge is -2.16. The number of aliphatic hydroxyl groups is 2. The maximum Gasteiger partial charge on any atom is 0.213 e. The fraction of sp³-hybridized carbons (Fsp3) is 1.00. The second kappa shape index (κ2) is 3.83. The summed E-state index contributed by atoms with van der Waals surface area (Å²) in [5, 5.41) is 16.9. The summed E-state index contributed by atoms with van der Waals surface area (Å²) in [5.41, 5.74) is 0. The summed E-state index contributed by atoms with van der Waals surface area (Å²) in [7, 11) is 1.66. The highest BCUT2D eigenvalue weighted by atomic mass is 16.5. The monoisotopic (exact) mass is 119 g/mol. The van der Waals surface area contributed by atoms with E-state index in [2.05, 4.69) is 0 Å². The lowest BCUT2D eigenvalue weighted by atomic mass is 10.4. The van der Waals surface area contributed by atoms with Crippen molar-refractivity contribution in [2.75, 3.05) is 13.6 Å². The Morgan fingerprint density at radius 1 is 1.50 bits per heavy atom. The van der Waals surface area contributed by atoms with Gasteiger partial charge in [-0.1, -0.05) is 6.92 Å². The molecule has 0 aliphatic carbocycles. The molecule has 0 aliphatic heterocycles. The van der Waals surface area contributed by atoms with Gasteiger partial charge in [0.25, 0.3) is 0 Å². The largest absolute Gasteiger partial charge is 0.356 e. The van der Waals surface area contributed by atoms with Gasteiger partial charge >= 0.3 is 0 Å². The molecule has 3 heteroatoms. The van der Waals surface area contributed by atoms with E-state index in [1.54, 1.807) is 7.05 Å². The highest BCUT2D eigenvalue weighted by Gasteiger charge is 2.02. The molecule has 0 rings (SSSR count). The fourth-order valence-electron chi connectivity index (χ4n) is 0.468. The minimum Gasteiger partial charge on any atom is -0.356 e. The van der Waals surface area contributed by atoms with Gasteiger partial charge in [0.15, 0.2) is 0 Å². The third-order valence-electron chi connectivity index (χ3n) is 0.971. The van der Waals surface area contributed by atoms with Crippen LogP contribution in [0.3, 0.4) is 0 Å². The minimum absolute atomic E-state index is 0.720. The predicted octanol–water partition coefficient (Wildman–Crippen LogP) is -0.404. The van der Waals surface area contributed by atoms with E-state index < -0.39 is 6.41 Å². The molecule has 0 saturated heterocycles. The van der Waals surface area contributed by atoms with Crippen LogP contribution in [0.4, 0.5) is 0 Å². The Morgan fingerprint density at radius 2 is 2.00 bits per heavy atom. The molecule has 0 aromatic carbocycles. The summed E-state index contributed by atoms with van der Waals surface area (Å²) in [6.45, 7) is 2.70. The van der Waals surface area contributed by atoms with Crippen molar-refractivity contribution in [3.05, 3.63) is 0 Å². The molecule has 0 atom stereocenters. The standard InChI is InChI=1S/C5H13NO2/c1-3-4-6(2)5(7)8/h5,7-8H,3-4H2,1-2H3. The molecule has 0 aromatic heterocycles. The van der Waals surface area contributed by atoms with Gasteiger partial charge in [-0.05, 0) is 13.5 Å². The van der Waals surface area contributed by atoms with Crippen LogP contribution in [-0.4, -0.2) is 35.1 Å². The van der Waals surface area contributed by atoms with Crippen LogP contribution in [0.2, 0.25) is 0 Å². The van der Waals surface area contributed by atoms with Gasteiger partial charge < -0.3 is 10.2 Å². The molecular weight excluding hydrogens is 106 g/mol. The van der Waals surface area contributed by atoms with Gasteiger partial charge in [0, 0.05) is 6.54 Å². The van der Waals surface area contributed by atoms with E-state index in [9.17, 15) is 0 Å². The van der Waals surface area contributed by atoms with Crippen LogP contribution in [0.25, 0.3) is 0 Å². The van der Waals surface area contributed by atoms with Crippen molar-refractivity contribution in [2.24, 2.45) is 0 Å². The molecule has 50 valence electrons. The van der Waals surface area contributed by atoms with E-state index in [1.807, 2.05) is 6.92 Å². The topological polar surface area (TPSA) is 43.7 Å². The van der Waals surface area contributed by atoms with E-state index >= 15 is 0 Å². The van der Waals surface area contributed by atoms with Crippen LogP contribution in [0, 0.1) is 0 Å². The van der Waals surface area contributed by atoms with Crippen molar-refractivity contribution < 1.29 is 10.2 Å². The van der Waals surface area contributed by atoms with E-state index in [0.717, 1.165) is 13.0 Å². The average molecular weight is 119 g/mol. The van der Waals surface area contributed by atoms with Crippen molar-refractivity contribution in [3.63, 3.8) is 0 Å². The fourth-order valence-corrected chi connectivity index (χ4v) is 0.468. The summed E-state index contributed by atoms with van der Waals surface area (Å²) >= 11 is 0. The van der Waals surface area contributed by atoms with Gasteiger partial charge in [-0.25, -0.2) is 0 Å². The number of aliphatic hydroxyl groups excluding tert-OH is 1.